The summed E-state index contributed by atoms with van der Waals surface area (Å²) in [5, 5.41) is 6.73. The zero-order valence-electron chi connectivity index (χ0n) is 13.8. The summed E-state index contributed by atoms with van der Waals surface area (Å²) in [4.78, 5) is 29.6. The van der Waals surface area contributed by atoms with Crippen LogP contribution in [0.3, 0.4) is 0 Å². The number of aryl methyl sites for hydroxylation is 1. The molecule has 2 aromatic rings. The zero-order valence-corrected chi connectivity index (χ0v) is 13.8. The minimum atomic E-state index is -2.75. The van der Waals surface area contributed by atoms with Crippen molar-refractivity contribution in [3.8, 4) is 0 Å². The second kappa shape index (κ2) is 7.12. The molecule has 1 aliphatic heterocycles. The Balaban J connectivity index is 1.58. The maximum atomic E-state index is 12.5. The summed E-state index contributed by atoms with van der Waals surface area (Å²) in [6.07, 6.45) is -0.105. The standard InChI is InChI=1S/C16H19F2N5O2/c1-10-6-13(21-20-10)16(25)22-4-2-11(3-5-22)8-23-9-19-12(15(17)18)7-14(23)24/h6-7,9,11,15H,2-5,8H2,1H3,(H,20,21). The predicted molar refractivity (Wildman–Crippen MR) is 85.4 cm³/mol. The summed E-state index contributed by atoms with van der Waals surface area (Å²) >= 11 is 0. The van der Waals surface area contributed by atoms with Gasteiger partial charge in [0.25, 0.3) is 17.9 Å². The molecule has 0 bridgehead atoms. The first-order valence-corrected chi connectivity index (χ1v) is 8.10. The van der Waals surface area contributed by atoms with Crippen molar-refractivity contribution >= 4 is 5.91 Å². The molecule has 0 atom stereocenters. The number of hydrogen-bond donors (Lipinski definition) is 1. The van der Waals surface area contributed by atoms with Gasteiger partial charge in [-0.05, 0) is 31.7 Å². The third kappa shape index (κ3) is 3.92. The Kier molecular flexibility index (Phi) is 4.91. The largest absolute Gasteiger partial charge is 0.337 e. The first-order valence-electron chi connectivity index (χ1n) is 8.10. The van der Waals surface area contributed by atoms with Crippen LogP contribution in [0.15, 0.2) is 23.3 Å². The molecule has 3 rings (SSSR count). The molecule has 2 aromatic heterocycles. The number of piperidine rings is 1. The van der Waals surface area contributed by atoms with Crippen LogP contribution in [0.25, 0.3) is 0 Å². The monoisotopic (exact) mass is 351 g/mol. The Hall–Kier alpha value is -2.58. The van der Waals surface area contributed by atoms with Crippen LogP contribution in [0.4, 0.5) is 8.78 Å². The van der Waals surface area contributed by atoms with Crippen LogP contribution in [-0.2, 0) is 6.54 Å². The van der Waals surface area contributed by atoms with Crippen molar-refractivity contribution < 1.29 is 13.6 Å². The van der Waals surface area contributed by atoms with Crippen LogP contribution in [0.5, 0.6) is 0 Å². The van der Waals surface area contributed by atoms with Gasteiger partial charge in [0.05, 0.1) is 6.33 Å². The van der Waals surface area contributed by atoms with Crippen LogP contribution in [0, 0.1) is 12.8 Å². The third-order valence-corrected chi connectivity index (χ3v) is 4.41. The van der Waals surface area contributed by atoms with Gasteiger partial charge in [-0.1, -0.05) is 0 Å². The second-order valence-electron chi connectivity index (χ2n) is 6.28. The van der Waals surface area contributed by atoms with E-state index in [2.05, 4.69) is 15.2 Å². The Bertz CT molecular complexity index is 809. The van der Waals surface area contributed by atoms with Gasteiger partial charge in [-0.2, -0.15) is 5.10 Å². The number of likely N-dealkylation sites (tertiary alicyclic amines) is 1. The van der Waals surface area contributed by atoms with Gasteiger partial charge in [-0.15, -0.1) is 0 Å². The number of aromatic amines is 1. The van der Waals surface area contributed by atoms with Crippen LogP contribution in [0.1, 0.15) is 41.1 Å². The molecule has 0 aliphatic carbocycles. The first kappa shape index (κ1) is 17.2. The highest BCUT2D eigenvalue weighted by molar-refractivity contribution is 5.92. The molecule has 0 radical (unpaired) electrons. The quantitative estimate of drug-likeness (QED) is 0.910. The van der Waals surface area contributed by atoms with Crippen LogP contribution in [0.2, 0.25) is 0 Å². The van der Waals surface area contributed by atoms with E-state index in [-0.39, 0.29) is 11.8 Å². The third-order valence-electron chi connectivity index (χ3n) is 4.41. The number of halogens is 2. The van der Waals surface area contributed by atoms with Gasteiger partial charge in [-0.25, -0.2) is 13.8 Å². The molecule has 0 aromatic carbocycles. The van der Waals surface area contributed by atoms with Crippen LogP contribution >= 0.6 is 0 Å². The van der Waals surface area contributed by atoms with E-state index < -0.39 is 17.7 Å². The molecular formula is C16H19F2N5O2. The van der Waals surface area contributed by atoms with Gasteiger partial charge >= 0.3 is 0 Å². The summed E-state index contributed by atoms with van der Waals surface area (Å²) in [7, 11) is 0. The highest BCUT2D eigenvalue weighted by atomic mass is 19.3. The first-order chi connectivity index (χ1) is 11.9. The summed E-state index contributed by atoms with van der Waals surface area (Å²) in [5.74, 6) is 0.0878. The molecule has 134 valence electrons. The Labute approximate surface area is 142 Å². The average Bonchev–Trinajstić information content (AvgIpc) is 3.03. The number of nitrogens with one attached hydrogen (secondary N) is 1. The average molecular weight is 351 g/mol. The molecule has 1 aliphatic rings. The number of hydrogen-bond acceptors (Lipinski definition) is 4. The SMILES string of the molecule is Cc1cc(C(=O)N2CCC(Cn3cnc(C(F)F)cc3=O)CC2)n[nH]1. The summed E-state index contributed by atoms with van der Waals surface area (Å²) in [5.41, 5.74) is 0.253. The Morgan fingerprint density at radius 2 is 2.08 bits per heavy atom. The van der Waals surface area contributed by atoms with Crippen molar-refractivity contribution in [3.05, 3.63) is 45.9 Å². The van der Waals surface area contributed by atoms with Crippen LogP contribution < -0.4 is 5.56 Å². The number of amides is 1. The van der Waals surface area contributed by atoms with Crippen molar-refractivity contribution in [1.82, 2.24) is 24.6 Å². The summed E-state index contributed by atoms with van der Waals surface area (Å²) in [6, 6.07) is 2.59. The fourth-order valence-electron chi connectivity index (χ4n) is 2.98. The minimum absolute atomic E-state index is 0.108. The maximum Gasteiger partial charge on any atom is 0.280 e. The number of carbonyl (C=O) groups is 1. The van der Waals surface area contributed by atoms with E-state index in [0.29, 0.717) is 25.3 Å². The van der Waals surface area contributed by atoms with Crippen molar-refractivity contribution in [3.63, 3.8) is 0 Å². The molecule has 0 spiro atoms. The van der Waals surface area contributed by atoms with E-state index in [9.17, 15) is 18.4 Å². The summed E-state index contributed by atoms with van der Waals surface area (Å²) < 4.78 is 26.4. The summed E-state index contributed by atoms with van der Waals surface area (Å²) in [6.45, 7) is 3.40. The molecule has 25 heavy (non-hydrogen) atoms. The predicted octanol–water partition coefficient (Wildman–Crippen LogP) is 1.76. The van der Waals surface area contributed by atoms with Crippen molar-refractivity contribution in [2.75, 3.05) is 13.1 Å². The number of carbonyl (C=O) groups excluding carboxylic acids is 1. The minimum Gasteiger partial charge on any atom is -0.337 e. The van der Waals surface area contributed by atoms with Crippen molar-refractivity contribution in [1.29, 1.82) is 0 Å². The molecule has 7 nitrogen and oxygen atoms in total. The van der Waals surface area contributed by atoms with Gasteiger partial charge in [0.15, 0.2) is 0 Å². The number of nitrogens with zero attached hydrogens (tertiary/aromatic N) is 4. The van der Waals surface area contributed by atoms with Crippen molar-refractivity contribution in [2.24, 2.45) is 5.92 Å². The Morgan fingerprint density at radius 1 is 1.36 bits per heavy atom. The molecule has 1 fully saturated rings. The number of H-pyrrole nitrogens is 1. The zero-order chi connectivity index (χ0) is 18.0. The van der Waals surface area contributed by atoms with E-state index in [1.807, 2.05) is 6.92 Å². The normalized spacial score (nSPS) is 15.8. The topological polar surface area (TPSA) is 83.9 Å². The van der Waals surface area contributed by atoms with Gasteiger partial charge in [0, 0.05) is 31.4 Å². The molecule has 3 heterocycles. The van der Waals surface area contributed by atoms with Crippen LogP contribution in [-0.4, -0.2) is 43.6 Å². The molecule has 0 saturated carbocycles. The lowest BCUT2D eigenvalue weighted by atomic mass is 9.96. The van der Waals surface area contributed by atoms with Gasteiger partial charge in [0.1, 0.15) is 11.4 Å². The number of alkyl halides is 2. The number of rotatable bonds is 4. The van der Waals surface area contributed by atoms with E-state index in [0.717, 1.165) is 24.6 Å². The molecule has 0 unspecified atom stereocenters. The Morgan fingerprint density at radius 3 is 2.64 bits per heavy atom. The molecule has 1 amide bonds. The molecule has 1 saturated heterocycles. The highest BCUT2D eigenvalue weighted by Gasteiger charge is 2.25. The molecular weight excluding hydrogens is 332 g/mol. The lowest BCUT2D eigenvalue weighted by Gasteiger charge is -2.31. The molecule has 1 N–H and O–H groups in total. The molecule has 9 heteroatoms. The van der Waals surface area contributed by atoms with E-state index in [1.165, 1.54) is 10.9 Å². The lowest BCUT2D eigenvalue weighted by molar-refractivity contribution is 0.0676. The second-order valence-corrected chi connectivity index (χ2v) is 6.28. The number of aromatic nitrogens is 4. The fraction of sp³-hybridized carbons (Fsp3) is 0.500. The highest BCUT2D eigenvalue weighted by Crippen LogP contribution is 2.20. The van der Waals surface area contributed by atoms with Gasteiger partial charge < -0.3 is 4.90 Å². The van der Waals surface area contributed by atoms with E-state index in [1.54, 1.807) is 11.0 Å². The van der Waals surface area contributed by atoms with Gasteiger partial charge in [0.2, 0.25) is 0 Å². The van der Waals surface area contributed by atoms with E-state index >= 15 is 0 Å². The maximum absolute atomic E-state index is 12.5. The lowest BCUT2D eigenvalue weighted by Crippen LogP contribution is -2.40. The van der Waals surface area contributed by atoms with Gasteiger partial charge in [-0.3, -0.25) is 19.3 Å². The van der Waals surface area contributed by atoms with Crippen molar-refractivity contribution in [2.45, 2.75) is 32.7 Å². The fourth-order valence-corrected chi connectivity index (χ4v) is 2.98. The van der Waals surface area contributed by atoms with E-state index in [4.69, 9.17) is 0 Å². The smallest absolute Gasteiger partial charge is 0.280 e.